The molecule has 4 nitrogen and oxygen atoms in total. The van der Waals surface area contributed by atoms with Crippen molar-refractivity contribution in [3.63, 3.8) is 0 Å². The molecule has 0 aliphatic rings. The lowest BCUT2D eigenvalue weighted by molar-refractivity contribution is -0.114. The Balaban J connectivity index is 2.06. The van der Waals surface area contributed by atoms with Gasteiger partial charge in [0.25, 0.3) is 0 Å². The van der Waals surface area contributed by atoms with Crippen molar-refractivity contribution in [1.29, 1.82) is 0 Å². The van der Waals surface area contributed by atoms with E-state index in [4.69, 9.17) is 0 Å². The Hall–Kier alpha value is -1.88. The van der Waals surface area contributed by atoms with E-state index in [1.165, 1.54) is 11.8 Å². The summed E-state index contributed by atoms with van der Waals surface area (Å²) in [6, 6.07) is 7.92. The van der Waals surface area contributed by atoms with Crippen LogP contribution in [0.3, 0.4) is 0 Å². The maximum absolute atomic E-state index is 11.0. The fraction of sp³-hybridized carbons (Fsp3) is 0.333. The molecule has 0 fully saturated rings. The quantitative estimate of drug-likeness (QED) is 0.897. The van der Waals surface area contributed by atoms with Crippen LogP contribution >= 0.6 is 11.3 Å². The molecule has 106 valence electrons. The van der Waals surface area contributed by atoms with Crippen LogP contribution in [0, 0.1) is 13.8 Å². The number of rotatable bonds is 4. The van der Waals surface area contributed by atoms with E-state index in [0.29, 0.717) is 0 Å². The molecule has 2 N–H and O–H groups in total. The van der Waals surface area contributed by atoms with E-state index in [1.54, 1.807) is 11.3 Å². The molecule has 1 unspecified atom stereocenters. The minimum Gasteiger partial charge on any atom is -0.378 e. The Morgan fingerprint density at radius 1 is 1.20 bits per heavy atom. The SMILES string of the molecule is CC(=O)Nc1ccc(NC(C)c2sc(C)nc2C)cc1. The molecular formula is C15H19N3OS. The molecule has 1 aromatic heterocycles. The zero-order valence-electron chi connectivity index (χ0n) is 12.2. The number of anilines is 2. The summed E-state index contributed by atoms with van der Waals surface area (Å²) >= 11 is 1.72. The van der Waals surface area contributed by atoms with Gasteiger partial charge in [-0.1, -0.05) is 0 Å². The number of hydrogen-bond acceptors (Lipinski definition) is 4. The summed E-state index contributed by atoms with van der Waals surface area (Å²) in [5, 5.41) is 7.30. The van der Waals surface area contributed by atoms with Gasteiger partial charge in [-0.05, 0) is 45.0 Å². The van der Waals surface area contributed by atoms with Gasteiger partial charge in [-0.2, -0.15) is 0 Å². The molecule has 1 heterocycles. The minimum absolute atomic E-state index is 0.0603. The number of nitrogens with zero attached hydrogens (tertiary/aromatic N) is 1. The van der Waals surface area contributed by atoms with Gasteiger partial charge in [-0.15, -0.1) is 11.3 Å². The number of amides is 1. The average molecular weight is 289 g/mol. The standard InChI is InChI=1S/C15H19N3OS/c1-9-15(20-12(4)16-9)10(2)17-13-5-7-14(8-6-13)18-11(3)19/h5-8,10,17H,1-4H3,(H,18,19). The Kier molecular flexibility index (Phi) is 4.39. The molecule has 20 heavy (non-hydrogen) atoms. The lowest BCUT2D eigenvalue weighted by Crippen LogP contribution is -2.07. The van der Waals surface area contributed by atoms with Crippen LogP contribution < -0.4 is 10.6 Å². The van der Waals surface area contributed by atoms with Crippen molar-refractivity contribution in [3.8, 4) is 0 Å². The molecule has 2 aromatic rings. The van der Waals surface area contributed by atoms with Gasteiger partial charge in [-0.3, -0.25) is 4.79 Å². The van der Waals surface area contributed by atoms with Gasteiger partial charge < -0.3 is 10.6 Å². The lowest BCUT2D eigenvalue weighted by atomic mass is 10.2. The number of aryl methyl sites for hydroxylation is 2. The largest absolute Gasteiger partial charge is 0.378 e. The number of hydrogen-bond donors (Lipinski definition) is 2. The van der Waals surface area contributed by atoms with Gasteiger partial charge in [-0.25, -0.2) is 4.98 Å². The third kappa shape index (κ3) is 3.57. The maximum atomic E-state index is 11.0. The van der Waals surface area contributed by atoms with E-state index < -0.39 is 0 Å². The van der Waals surface area contributed by atoms with Crippen molar-refractivity contribution in [3.05, 3.63) is 39.8 Å². The van der Waals surface area contributed by atoms with Crippen molar-refractivity contribution in [2.45, 2.75) is 33.7 Å². The van der Waals surface area contributed by atoms with Gasteiger partial charge in [0, 0.05) is 23.2 Å². The van der Waals surface area contributed by atoms with Crippen LogP contribution in [0.25, 0.3) is 0 Å². The van der Waals surface area contributed by atoms with Crippen LogP contribution in [-0.4, -0.2) is 10.9 Å². The van der Waals surface area contributed by atoms with Crippen LogP contribution in [0.15, 0.2) is 24.3 Å². The first-order chi connectivity index (χ1) is 9.45. The highest BCUT2D eigenvalue weighted by molar-refractivity contribution is 7.11. The fourth-order valence-corrected chi connectivity index (χ4v) is 3.05. The fourth-order valence-electron chi connectivity index (χ4n) is 2.12. The zero-order valence-corrected chi connectivity index (χ0v) is 13.0. The third-order valence-corrected chi connectivity index (χ3v) is 4.18. The molecule has 0 saturated heterocycles. The van der Waals surface area contributed by atoms with Crippen molar-refractivity contribution in [2.75, 3.05) is 10.6 Å². The minimum atomic E-state index is -0.0603. The highest BCUT2D eigenvalue weighted by Crippen LogP contribution is 2.27. The Labute approximate surface area is 123 Å². The highest BCUT2D eigenvalue weighted by atomic mass is 32.1. The van der Waals surface area contributed by atoms with Crippen LogP contribution in [-0.2, 0) is 4.79 Å². The van der Waals surface area contributed by atoms with E-state index in [-0.39, 0.29) is 11.9 Å². The average Bonchev–Trinajstić information content (AvgIpc) is 2.70. The first-order valence-corrected chi connectivity index (χ1v) is 7.35. The van der Waals surface area contributed by atoms with Gasteiger partial charge in [0.05, 0.1) is 16.7 Å². The van der Waals surface area contributed by atoms with Crippen LogP contribution in [0.5, 0.6) is 0 Å². The van der Waals surface area contributed by atoms with Crippen molar-refractivity contribution in [2.24, 2.45) is 0 Å². The monoisotopic (exact) mass is 289 g/mol. The second kappa shape index (κ2) is 6.05. The number of benzene rings is 1. The topological polar surface area (TPSA) is 54.0 Å². The molecule has 0 bridgehead atoms. The van der Waals surface area contributed by atoms with Gasteiger partial charge >= 0.3 is 0 Å². The molecule has 1 aromatic carbocycles. The second-order valence-corrected chi connectivity index (χ2v) is 6.04. The Morgan fingerprint density at radius 3 is 2.30 bits per heavy atom. The summed E-state index contributed by atoms with van der Waals surface area (Å²) in [5.74, 6) is -0.0603. The van der Waals surface area contributed by atoms with Crippen LogP contribution in [0.2, 0.25) is 0 Å². The Morgan fingerprint density at radius 2 is 1.80 bits per heavy atom. The molecule has 0 radical (unpaired) electrons. The van der Waals surface area contributed by atoms with Gasteiger partial charge in [0.15, 0.2) is 0 Å². The van der Waals surface area contributed by atoms with E-state index in [9.17, 15) is 4.79 Å². The summed E-state index contributed by atoms with van der Waals surface area (Å²) in [7, 11) is 0. The number of nitrogens with one attached hydrogen (secondary N) is 2. The number of carbonyl (C=O) groups is 1. The second-order valence-electron chi connectivity index (χ2n) is 4.81. The molecular weight excluding hydrogens is 270 g/mol. The van der Waals surface area contributed by atoms with E-state index in [1.807, 2.05) is 38.1 Å². The number of carbonyl (C=O) groups excluding carboxylic acids is 1. The summed E-state index contributed by atoms with van der Waals surface area (Å²) < 4.78 is 0. The predicted molar refractivity (Wildman–Crippen MR) is 84.4 cm³/mol. The number of aromatic nitrogens is 1. The first-order valence-electron chi connectivity index (χ1n) is 6.54. The van der Waals surface area contributed by atoms with Crippen LogP contribution in [0.1, 0.15) is 35.5 Å². The van der Waals surface area contributed by atoms with Crippen LogP contribution in [0.4, 0.5) is 11.4 Å². The predicted octanol–water partition coefficient (Wildman–Crippen LogP) is 3.89. The highest BCUT2D eigenvalue weighted by Gasteiger charge is 2.12. The van der Waals surface area contributed by atoms with E-state index in [2.05, 4.69) is 22.5 Å². The molecule has 2 rings (SSSR count). The van der Waals surface area contributed by atoms with Crippen molar-refractivity contribution >= 4 is 28.6 Å². The normalized spacial score (nSPS) is 12.0. The smallest absolute Gasteiger partial charge is 0.221 e. The third-order valence-electron chi connectivity index (χ3n) is 2.92. The summed E-state index contributed by atoms with van der Waals surface area (Å²) in [6.45, 7) is 7.69. The molecule has 0 aliphatic carbocycles. The summed E-state index contributed by atoms with van der Waals surface area (Å²) in [4.78, 5) is 16.7. The zero-order chi connectivity index (χ0) is 14.7. The molecule has 1 atom stereocenters. The molecule has 5 heteroatoms. The van der Waals surface area contributed by atoms with E-state index in [0.717, 1.165) is 22.1 Å². The molecule has 0 spiro atoms. The maximum Gasteiger partial charge on any atom is 0.221 e. The summed E-state index contributed by atoms with van der Waals surface area (Å²) in [6.07, 6.45) is 0. The summed E-state index contributed by atoms with van der Waals surface area (Å²) in [5.41, 5.74) is 2.92. The molecule has 0 saturated carbocycles. The molecule has 0 aliphatic heterocycles. The van der Waals surface area contributed by atoms with Gasteiger partial charge in [0.1, 0.15) is 0 Å². The van der Waals surface area contributed by atoms with Gasteiger partial charge in [0.2, 0.25) is 5.91 Å². The van der Waals surface area contributed by atoms with Crippen molar-refractivity contribution < 1.29 is 4.79 Å². The first kappa shape index (κ1) is 14.5. The Bertz CT molecular complexity index is 604. The van der Waals surface area contributed by atoms with E-state index >= 15 is 0 Å². The van der Waals surface area contributed by atoms with Crippen molar-refractivity contribution in [1.82, 2.24) is 4.98 Å². The lowest BCUT2D eigenvalue weighted by Gasteiger charge is -2.14. The number of thiazole rings is 1. The molecule has 1 amide bonds.